The van der Waals surface area contributed by atoms with E-state index in [1.165, 1.54) is 50.5 Å². The first-order valence-electron chi connectivity index (χ1n) is 13.2. The molecule has 5 fully saturated rings. The van der Waals surface area contributed by atoms with Crippen LogP contribution in [0.15, 0.2) is 11.6 Å². The summed E-state index contributed by atoms with van der Waals surface area (Å²) in [5.74, 6) is 5.39. The van der Waals surface area contributed by atoms with Crippen molar-refractivity contribution in [3.05, 3.63) is 11.6 Å². The van der Waals surface area contributed by atoms with Crippen molar-refractivity contribution in [3.8, 4) is 0 Å². The number of fused-ring (bicyclic) bond motifs is 5. The molecular formula is C26H38N2O4. The fourth-order valence-corrected chi connectivity index (χ4v) is 8.70. The highest BCUT2D eigenvalue weighted by Gasteiger charge is 2.52. The van der Waals surface area contributed by atoms with Gasteiger partial charge in [0.15, 0.2) is 0 Å². The number of cyclic esters (lactones) is 1. The molecule has 8 unspecified atom stereocenters. The molecule has 6 nitrogen and oxygen atoms in total. The summed E-state index contributed by atoms with van der Waals surface area (Å²) in [5.41, 5.74) is 1.28. The van der Waals surface area contributed by atoms with Crippen LogP contribution in [0.1, 0.15) is 57.8 Å². The summed E-state index contributed by atoms with van der Waals surface area (Å²) in [6.07, 6.45) is 13.1. The molecule has 1 saturated heterocycles. The van der Waals surface area contributed by atoms with E-state index in [0.717, 1.165) is 74.5 Å². The molecule has 6 rings (SSSR count). The van der Waals surface area contributed by atoms with Gasteiger partial charge in [-0.2, -0.15) is 0 Å². The van der Waals surface area contributed by atoms with Crippen molar-refractivity contribution in [2.24, 2.45) is 41.4 Å². The molecule has 0 spiro atoms. The maximum atomic E-state index is 12.6. The van der Waals surface area contributed by atoms with Gasteiger partial charge in [-0.3, -0.25) is 0 Å². The Morgan fingerprint density at radius 3 is 2.41 bits per heavy atom. The summed E-state index contributed by atoms with van der Waals surface area (Å²) >= 11 is 0. The van der Waals surface area contributed by atoms with Crippen LogP contribution < -0.4 is 5.32 Å². The van der Waals surface area contributed by atoms with E-state index in [0.29, 0.717) is 12.5 Å². The Morgan fingerprint density at radius 1 is 0.906 bits per heavy atom. The van der Waals surface area contributed by atoms with E-state index < -0.39 is 0 Å². The number of hydrogen-bond donors (Lipinski definition) is 1. The number of hydrogen-bond acceptors (Lipinski definition) is 5. The molecule has 176 valence electrons. The minimum Gasteiger partial charge on any atom is -0.458 e. The number of carbonyl (C=O) groups is 2. The molecule has 1 N–H and O–H groups in total. The van der Waals surface area contributed by atoms with E-state index >= 15 is 0 Å². The van der Waals surface area contributed by atoms with Crippen LogP contribution in [-0.4, -0.2) is 55.9 Å². The second-order valence-electron chi connectivity index (χ2n) is 11.3. The predicted octanol–water partition coefficient (Wildman–Crippen LogP) is 3.76. The number of nitrogens with one attached hydrogen (secondary N) is 1. The first-order valence-corrected chi connectivity index (χ1v) is 13.2. The maximum Gasteiger partial charge on any atom is 0.410 e. The molecule has 0 bridgehead atoms. The second kappa shape index (κ2) is 8.66. The van der Waals surface area contributed by atoms with Crippen molar-refractivity contribution in [2.45, 2.75) is 63.9 Å². The van der Waals surface area contributed by atoms with Crippen LogP contribution in [0.3, 0.4) is 0 Å². The zero-order chi connectivity index (χ0) is 21.7. The SMILES string of the molecule is O=C1C=C(C2CCC3C2CCC2C4CCC(OC(=O)N5CCNCC5)CC4CCC23)CO1. The van der Waals surface area contributed by atoms with Crippen molar-refractivity contribution < 1.29 is 19.1 Å². The third-order valence-electron chi connectivity index (χ3n) is 10.0. The number of ether oxygens (including phenoxy) is 2. The molecule has 0 aromatic rings. The molecule has 32 heavy (non-hydrogen) atoms. The van der Waals surface area contributed by atoms with Gasteiger partial charge in [-0.25, -0.2) is 9.59 Å². The lowest BCUT2D eigenvalue weighted by molar-refractivity contribution is -0.135. The average molecular weight is 443 g/mol. The zero-order valence-corrected chi connectivity index (χ0v) is 19.2. The van der Waals surface area contributed by atoms with Gasteiger partial charge in [-0.1, -0.05) is 0 Å². The normalized spacial score (nSPS) is 43.6. The highest BCUT2D eigenvalue weighted by Crippen LogP contribution is 2.60. The summed E-state index contributed by atoms with van der Waals surface area (Å²) < 4.78 is 11.2. The van der Waals surface area contributed by atoms with Gasteiger partial charge >= 0.3 is 12.1 Å². The lowest BCUT2D eigenvalue weighted by atomic mass is 9.53. The molecule has 0 aromatic carbocycles. The highest BCUT2D eigenvalue weighted by atomic mass is 16.6. The molecular weight excluding hydrogens is 404 g/mol. The van der Waals surface area contributed by atoms with Gasteiger partial charge in [0.1, 0.15) is 12.7 Å². The summed E-state index contributed by atoms with van der Waals surface area (Å²) in [5, 5.41) is 3.30. The summed E-state index contributed by atoms with van der Waals surface area (Å²) in [6.45, 7) is 3.82. The number of amides is 1. The van der Waals surface area contributed by atoms with Gasteiger partial charge in [0.2, 0.25) is 0 Å². The van der Waals surface area contributed by atoms with Gasteiger partial charge in [-0.05, 0) is 105 Å². The first-order chi connectivity index (χ1) is 15.7. The number of piperazine rings is 1. The molecule has 4 aliphatic carbocycles. The number of nitrogens with zero attached hydrogens (tertiary/aromatic N) is 1. The van der Waals surface area contributed by atoms with E-state index in [-0.39, 0.29) is 18.2 Å². The Kier molecular flexibility index (Phi) is 5.68. The predicted molar refractivity (Wildman–Crippen MR) is 120 cm³/mol. The quantitative estimate of drug-likeness (QED) is 0.660. The molecule has 2 aliphatic heterocycles. The van der Waals surface area contributed by atoms with Gasteiger partial charge < -0.3 is 19.7 Å². The van der Waals surface area contributed by atoms with Crippen LogP contribution in [-0.2, 0) is 14.3 Å². The Balaban J connectivity index is 1.07. The lowest BCUT2D eigenvalue weighted by Crippen LogP contribution is -2.49. The maximum absolute atomic E-state index is 12.6. The lowest BCUT2D eigenvalue weighted by Gasteiger charge is -2.53. The molecule has 6 aliphatic rings. The van der Waals surface area contributed by atoms with Gasteiger partial charge in [0.25, 0.3) is 0 Å². The van der Waals surface area contributed by atoms with Crippen LogP contribution in [0, 0.1) is 41.4 Å². The van der Waals surface area contributed by atoms with E-state index in [2.05, 4.69) is 5.32 Å². The van der Waals surface area contributed by atoms with E-state index in [1.807, 2.05) is 4.90 Å². The Bertz CT molecular complexity index is 776. The van der Waals surface area contributed by atoms with E-state index in [9.17, 15) is 9.59 Å². The van der Waals surface area contributed by atoms with E-state index in [1.54, 1.807) is 6.08 Å². The Labute approximate surface area is 191 Å². The molecule has 0 radical (unpaired) electrons. The second-order valence-corrected chi connectivity index (χ2v) is 11.3. The van der Waals surface area contributed by atoms with Crippen molar-refractivity contribution >= 4 is 12.1 Å². The largest absolute Gasteiger partial charge is 0.458 e. The highest BCUT2D eigenvalue weighted by molar-refractivity contribution is 5.85. The third kappa shape index (κ3) is 3.76. The average Bonchev–Trinajstić information content (AvgIpc) is 3.45. The number of rotatable bonds is 2. The van der Waals surface area contributed by atoms with Crippen LogP contribution in [0.5, 0.6) is 0 Å². The van der Waals surface area contributed by atoms with Crippen molar-refractivity contribution in [3.63, 3.8) is 0 Å². The summed E-state index contributed by atoms with van der Waals surface area (Å²) in [7, 11) is 0. The molecule has 0 aromatic heterocycles. The molecule has 1 amide bonds. The third-order valence-corrected chi connectivity index (χ3v) is 10.0. The van der Waals surface area contributed by atoms with Crippen molar-refractivity contribution in [1.29, 1.82) is 0 Å². The van der Waals surface area contributed by atoms with Crippen molar-refractivity contribution in [1.82, 2.24) is 10.2 Å². The van der Waals surface area contributed by atoms with Crippen LogP contribution in [0.25, 0.3) is 0 Å². The fraction of sp³-hybridized carbons (Fsp3) is 0.846. The zero-order valence-electron chi connectivity index (χ0n) is 19.2. The number of carbonyl (C=O) groups excluding carboxylic acids is 2. The summed E-state index contributed by atoms with van der Waals surface area (Å²) in [6, 6.07) is 0. The van der Waals surface area contributed by atoms with Gasteiger partial charge in [0, 0.05) is 32.3 Å². The Morgan fingerprint density at radius 2 is 1.59 bits per heavy atom. The van der Waals surface area contributed by atoms with Crippen LogP contribution in [0.2, 0.25) is 0 Å². The molecule has 6 heteroatoms. The minimum absolute atomic E-state index is 0.0928. The Hall–Kier alpha value is -1.56. The van der Waals surface area contributed by atoms with Gasteiger partial charge in [-0.15, -0.1) is 0 Å². The van der Waals surface area contributed by atoms with Crippen LogP contribution >= 0.6 is 0 Å². The number of esters is 1. The molecule has 8 atom stereocenters. The molecule has 4 saturated carbocycles. The minimum atomic E-state index is -0.132. The van der Waals surface area contributed by atoms with Crippen molar-refractivity contribution in [2.75, 3.05) is 32.8 Å². The monoisotopic (exact) mass is 442 g/mol. The molecule has 2 heterocycles. The van der Waals surface area contributed by atoms with Gasteiger partial charge in [0.05, 0.1) is 0 Å². The fourth-order valence-electron chi connectivity index (χ4n) is 8.70. The smallest absolute Gasteiger partial charge is 0.410 e. The summed E-state index contributed by atoms with van der Waals surface area (Å²) in [4.78, 5) is 26.1. The van der Waals surface area contributed by atoms with Crippen LogP contribution in [0.4, 0.5) is 4.79 Å². The van der Waals surface area contributed by atoms with E-state index in [4.69, 9.17) is 9.47 Å². The standard InChI is InChI=1S/C26H38N2O4/c29-25-14-17(15-31-25)20-5-6-24-22(20)8-7-21-19-4-2-18(13-16(19)1-3-23(21)24)32-26(30)28-11-9-27-10-12-28/h14,16,18-24,27H,1-13,15H2. The first kappa shape index (κ1) is 21.0. The topological polar surface area (TPSA) is 67.9 Å².